The third-order valence-corrected chi connectivity index (χ3v) is 5.98. The molecule has 4 nitrogen and oxygen atoms in total. The van der Waals surface area contributed by atoms with Crippen LogP contribution in [0.15, 0.2) is 5.38 Å². The number of hydrogen-bond donors (Lipinski definition) is 1. The smallest absolute Gasteiger partial charge is 0.273 e. The molecule has 0 radical (unpaired) electrons. The van der Waals surface area contributed by atoms with Crippen molar-refractivity contribution in [2.24, 2.45) is 11.8 Å². The fourth-order valence-corrected chi connectivity index (χ4v) is 4.45. The predicted octanol–water partition coefficient (Wildman–Crippen LogP) is 2.94. The molecule has 0 spiro atoms. The largest absolute Gasteiger partial charge is 0.337 e. The Balaban J connectivity index is 0.000000882. The van der Waals surface area contributed by atoms with Crippen molar-refractivity contribution < 1.29 is 4.79 Å². The standard InChI is InChI=1S/C15H21N3OS.2ClH/c19-15(13-9-20-14(17-13)10-1-2-10)18-5-3-11-7-16-8-12(11)4-6-18;;/h9-12,16H,1-8H2;2*1H/t11-,12+;;. The van der Waals surface area contributed by atoms with E-state index in [1.165, 1.54) is 17.8 Å². The number of likely N-dealkylation sites (tertiary alicyclic amines) is 1. The van der Waals surface area contributed by atoms with Crippen molar-refractivity contribution in [3.8, 4) is 0 Å². The van der Waals surface area contributed by atoms with Crippen LogP contribution in [0.1, 0.15) is 47.1 Å². The molecule has 1 amide bonds. The van der Waals surface area contributed by atoms with E-state index in [0.29, 0.717) is 11.6 Å². The molecule has 4 rings (SSSR count). The van der Waals surface area contributed by atoms with E-state index < -0.39 is 0 Å². The van der Waals surface area contributed by atoms with Gasteiger partial charge in [-0.1, -0.05) is 0 Å². The number of amides is 1. The zero-order chi connectivity index (χ0) is 13.5. The lowest BCUT2D eigenvalue weighted by Gasteiger charge is -2.19. The Hall–Kier alpha value is -0.360. The van der Waals surface area contributed by atoms with E-state index in [0.717, 1.165) is 50.9 Å². The van der Waals surface area contributed by atoms with Gasteiger partial charge in [-0.2, -0.15) is 0 Å². The zero-order valence-corrected chi connectivity index (χ0v) is 14.9. The van der Waals surface area contributed by atoms with Gasteiger partial charge in [-0.3, -0.25) is 4.79 Å². The van der Waals surface area contributed by atoms with Gasteiger partial charge in [-0.25, -0.2) is 4.98 Å². The lowest BCUT2D eigenvalue weighted by atomic mass is 9.92. The Kier molecular flexibility index (Phi) is 6.11. The minimum atomic E-state index is 0. The molecule has 0 aromatic carbocycles. The van der Waals surface area contributed by atoms with Crippen molar-refractivity contribution in [1.82, 2.24) is 15.2 Å². The summed E-state index contributed by atoms with van der Waals surface area (Å²) in [5.41, 5.74) is 0.682. The molecule has 2 aliphatic heterocycles. The van der Waals surface area contributed by atoms with E-state index in [9.17, 15) is 4.79 Å². The average Bonchev–Trinajstić information content (AvgIpc) is 3.09. The molecule has 3 fully saturated rings. The third-order valence-electron chi connectivity index (χ3n) is 4.97. The van der Waals surface area contributed by atoms with Crippen LogP contribution >= 0.6 is 36.2 Å². The van der Waals surface area contributed by atoms with Crippen molar-refractivity contribution in [2.75, 3.05) is 26.2 Å². The second-order valence-electron chi connectivity index (χ2n) is 6.39. The molecule has 1 aliphatic carbocycles. The van der Waals surface area contributed by atoms with Gasteiger partial charge in [0.15, 0.2) is 0 Å². The zero-order valence-electron chi connectivity index (χ0n) is 12.5. The number of carbonyl (C=O) groups is 1. The van der Waals surface area contributed by atoms with Gasteiger partial charge >= 0.3 is 0 Å². The Labute approximate surface area is 147 Å². The number of nitrogens with one attached hydrogen (secondary N) is 1. The van der Waals surface area contributed by atoms with E-state index in [-0.39, 0.29) is 30.7 Å². The first-order valence-corrected chi connectivity index (χ1v) is 8.64. The Morgan fingerprint density at radius 1 is 1.14 bits per heavy atom. The molecule has 1 aromatic heterocycles. The number of nitrogens with zero attached hydrogens (tertiary/aromatic N) is 2. The van der Waals surface area contributed by atoms with Crippen LogP contribution in [0.25, 0.3) is 0 Å². The number of fused-ring (bicyclic) bond motifs is 1. The number of aromatic nitrogens is 1. The molecule has 2 atom stereocenters. The second-order valence-corrected chi connectivity index (χ2v) is 7.28. The number of carbonyl (C=O) groups excluding carboxylic acids is 1. The molecule has 3 heterocycles. The van der Waals surface area contributed by atoms with E-state index in [1.807, 2.05) is 10.3 Å². The fraction of sp³-hybridized carbons (Fsp3) is 0.733. The normalized spacial score (nSPS) is 27.4. The van der Waals surface area contributed by atoms with Crippen LogP contribution in [0.4, 0.5) is 0 Å². The van der Waals surface area contributed by atoms with Crippen molar-refractivity contribution in [2.45, 2.75) is 31.6 Å². The quantitative estimate of drug-likeness (QED) is 0.878. The van der Waals surface area contributed by atoms with Crippen LogP contribution in [-0.2, 0) is 0 Å². The molecule has 1 aromatic rings. The van der Waals surface area contributed by atoms with Gasteiger partial charge in [0.2, 0.25) is 0 Å². The van der Waals surface area contributed by atoms with E-state index in [4.69, 9.17) is 0 Å². The number of hydrogen-bond acceptors (Lipinski definition) is 4. The molecule has 2 saturated heterocycles. The molecule has 1 saturated carbocycles. The molecule has 124 valence electrons. The Morgan fingerprint density at radius 3 is 2.36 bits per heavy atom. The van der Waals surface area contributed by atoms with E-state index in [2.05, 4.69) is 10.3 Å². The SMILES string of the molecule is Cl.Cl.O=C(c1csc(C2CC2)n1)N1CC[C@@H]2CNC[C@@H]2CC1. The monoisotopic (exact) mass is 363 g/mol. The lowest BCUT2D eigenvalue weighted by molar-refractivity contribution is 0.0753. The summed E-state index contributed by atoms with van der Waals surface area (Å²) in [6.45, 7) is 4.07. The summed E-state index contributed by atoms with van der Waals surface area (Å²) < 4.78 is 0. The first-order valence-electron chi connectivity index (χ1n) is 7.76. The third kappa shape index (κ3) is 3.58. The highest BCUT2D eigenvalue weighted by molar-refractivity contribution is 7.10. The summed E-state index contributed by atoms with van der Waals surface area (Å²) in [5.74, 6) is 2.34. The first-order chi connectivity index (χ1) is 9.81. The highest BCUT2D eigenvalue weighted by Crippen LogP contribution is 2.41. The molecule has 0 bridgehead atoms. The van der Waals surface area contributed by atoms with Gasteiger partial charge in [0.05, 0.1) is 5.01 Å². The van der Waals surface area contributed by atoms with Crippen LogP contribution in [0, 0.1) is 11.8 Å². The Morgan fingerprint density at radius 2 is 1.77 bits per heavy atom. The molecular formula is C15H23Cl2N3OS. The highest BCUT2D eigenvalue weighted by atomic mass is 35.5. The summed E-state index contributed by atoms with van der Waals surface area (Å²) in [5, 5.41) is 6.61. The maximum absolute atomic E-state index is 12.6. The number of rotatable bonds is 2. The summed E-state index contributed by atoms with van der Waals surface area (Å²) in [4.78, 5) is 19.2. The van der Waals surface area contributed by atoms with Gasteiger partial charge in [-0.15, -0.1) is 36.2 Å². The summed E-state index contributed by atoms with van der Waals surface area (Å²) in [7, 11) is 0. The van der Waals surface area contributed by atoms with Gasteiger partial charge in [0, 0.05) is 24.4 Å². The highest BCUT2D eigenvalue weighted by Gasteiger charge is 2.33. The topological polar surface area (TPSA) is 45.2 Å². The first kappa shape index (κ1) is 18.0. The number of thiazole rings is 1. The molecule has 0 unspecified atom stereocenters. The summed E-state index contributed by atoms with van der Waals surface area (Å²) >= 11 is 1.67. The van der Waals surface area contributed by atoms with Gasteiger partial charge < -0.3 is 10.2 Å². The van der Waals surface area contributed by atoms with Crippen LogP contribution in [0.2, 0.25) is 0 Å². The van der Waals surface area contributed by atoms with E-state index >= 15 is 0 Å². The molecular weight excluding hydrogens is 341 g/mol. The molecule has 7 heteroatoms. The lowest BCUT2D eigenvalue weighted by Crippen LogP contribution is -2.33. The molecule has 1 N–H and O–H groups in total. The van der Waals surface area contributed by atoms with Crippen molar-refractivity contribution in [1.29, 1.82) is 0 Å². The van der Waals surface area contributed by atoms with Crippen molar-refractivity contribution in [3.05, 3.63) is 16.1 Å². The van der Waals surface area contributed by atoms with Crippen molar-refractivity contribution in [3.63, 3.8) is 0 Å². The minimum absolute atomic E-state index is 0. The maximum atomic E-state index is 12.6. The van der Waals surface area contributed by atoms with Crippen LogP contribution in [-0.4, -0.2) is 42.0 Å². The van der Waals surface area contributed by atoms with Crippen LogP contribution in [0.3, 0.4) is 0 Å². The molecule has 22 heavy (non-hydrogen) atoms. The van der Waals surface area contributed by atoms with E-state index in [1.54, 1.807) is 11.3 Å². The molecule has 3 aliphatic rings. The second kappa shape index (κ2) is 7.47. The Bertz CT molecular complexity index is 507. The van der Waals surface area contributed by atoms with Gasteiger partial charge in [0.1, 0.15) is 5.69 Å². The summed E-state index contributed by atoms with van der Waals surface area (Å²) in [6, 6.07) is 0. The minimum Gasteiger partial charge on any atom is -0.337 e. The fourth-order valence-electron chi connectivity index (χ4n) is 3.49. The van der Waals surface area contributed by atoms with Crippen molar-refractivity contribution >= 4 is 42.1 Å². The van der Waals surface area contributed by atoms with Gasteiger partial charge in [-0.05, 0) is 50.6 Å². The predicted molar refractivity (Wildman–Crippen MR) is 93.6 cm³/mol. The maximum Gasteiger partial charge on any atom is 0.273 e. The van der Waals surface area contributed by atoms with Crippen LogP contribution in [0.5, 0.6) is 0 Å². The number of halogens is 2. The van der Waals surface area contributed by atoms with Crippen LogP contribution < -0.4 is 5.32 Å². The average molecular weight is 364 g/mol. The van der Waals surface area contributed by atoms with Gasteiger partial charge in [0.25, 0.3) is 5.91 Å². The summed E-state index contributed by atoms with van der Waals surface area (Å²) in [6.07, 6.45) is 4.79.